The predicted octanol–water partition coefficient (Wildman–Crippen LogP) is 5.06. The van der Waals surface area contributed by atoms with Gasteiger partial charge in [0.15, 0.2) is 5.78 Å². The highest BCUT2D eigenvalue weighted by atomic mass is 35.5. The van der Waals surface area contributed by atoms with Crippen LogP contribution in [0.1, 0.15) is 50.2 Å². The highest BCUT2D eigenvalue weighted by Gasteiger charge is 2.49. The number of halogens is 1. The van der Waals surface area contributed by atoms with Crippen molar-refractivity contribution in [3.8, 4) is 5.75 Å². The van der Waals surface area contributed by atoms with Gasteiger partial charge in [0.1, 0.15) is 11.7 Å². The molecule has 4 rings (SSSR count). The molecule has 0 spiro atoms. The number of hydrogen-bond acceptors (Lipinski definition) is 7. The van der Waals surface area contributed by atoms with E-state index in [1.54, 1.807) is 52.1 Å². The van der Waals surface area contributed by atoms with E-state index in [-0.39, 0.29) is 13.2 Å². The summed E-state index contributed by atoms with van der Waals surface area (Å²) in [7, 11) is 1.57. The van der Waals surface area contributed by atoms with Crippen molar-refractivity contribution in [1.82, 2.24) is 5.32 Å². The molecule has 8 heteroatoms. The Hall–Kier alpha value is -3.58. The average Bonchev–Trinajstić information content (AvgIpc) is 2.88. The third-order valence-electron chi connectivity index (χ3n) is 6.79. The van der Waals surface area contributed by atoms with Crippen LogP contribution in [0.3, 0.4) is 0 Å². The zero-order valence-corrected chi connectivity index (χ0v) is 22.1. The van der Waals surface area contributed by atoms with Gasteiger partial charge in [-0.3, -0.25) is 9.59 Å². The molecule has 1 N–H and O–H groups in total. The summed E-state index contributed by atoms with van der Waals surface area (Å²) in [6.07, 6.45) is 0.353. The first-order valence-electron chi connectivity index (χ1n) is 12.3. The number of carbonyl (C=O) groups excluding carboxylic acids is 3. The molecule has 7 nitrogen and oxygen atoms in total. The van der Waals surface area contributed by atoms with Gasteiger partial charge in [0.25, 0.3) is 0 Å². The second-order valence-corrected chi connectivity index (χ2v) is 9.32. The molecule has 3 atom stereocenters. The van der Waals surface area contributed by atoms with E-state index >= 15 is 0 Å². The SMILES string of the molecule is CCOC(=O)C1=C(C)NC2=C(C(=O)[C@H](C(=O)OCC)[C@@H](c3cccc(OC)c3)C2)[C@@H]1c1ccccc1Cl. The van der Waals surface area contributed by atoms with Crippen LogP contribution in [0.15, 0.2) is 71.1 Å². The summed E-state index contributed by atoms with van der Waals surface area (Å²) >= 11 is 6.60. The lowest BCUT2D eigenvalue weighted by Gasteiger charge is -2.39. The molecule has 2 aromatic carbocycles. The van der Waals surface area contributed by atoms with Gasteiger partial charge in [-0.1, -0.05) is 41.9 Å². The molecule has 0 unspecified atom stereocenters. The van der Waals surface area contributed by atoms with Crippen molar-refractivity contribution < 1.29 is 28.6 Å². The van der Waals surface area contributed by atoms with Crippen molar-refractivity contribution in [2.24, 2.45) is 5.92 Å². The van der Waals surface area contributed by atoms with E-state index in [9.17, 15) is 14.4 Å². The topological polar surface area (TPSA) is 90.9 Å². The number of Topliss-reactive ketones (excluding diaryl/α,β-unsaturated/α-hetero) is 1. The molecule has 0 fully saturated rings. The first-order chi connectivity index (χ1) is 17.8. The summed E-state index contributed by atoms with van der Waals surface area (Å²) in [5.41, 5.74) is 3.23. The molecule has 2 aromatic rings. The molecular weight excluding hydrogens is 494 g/mol. The number of carbonyl (C=O) groups is 3. The zero-order chi connectivity index (χ0) is 26.7. The average molecular weight is 524 g/mol. The van der Waals surface area contributed by atoms with E-state index in [0.717, 1.165) is 5.56 Å². The first kappa shape index (κ1) is 26.5. The fraction of sp³-hybridized carbons (Fsp3) is 0.345. The van der Waals surface area contributed by atoms with Gasteiger partial charge in [-0.2, -0.15) is 0 Å². The Bertz CT molecular complexity index is 1300. The number of nitrogens with one attached hydrogen (secondary N) is 1. The fourth-order valence-corrected chi connectivity index (χ4v) is 5.47. The molecule has 0 saturated carbocycles. The van der Waals surface area contributed by atoms with E-state index in [1.165, 1.54) is 0 Å². The summed E-state index contributed by atoms with van der Waals surface area (Å²) in [6.45, 7) is 5.52. The van der Waals surface area contributed by atoms with Crippen molar-refractivity contribution in [2.75, 3.05) is 20.3 Å². The third kappa shape index (κ3) is 5.01. The second-order valence-electron chi connectivity index (χ2n) is 8.91. The molecule has 1 aliphatic carbocycles. The van der Waals surface area contributed by atoms with Crippen LogP contribution in [0.5, 0.6) is 5.75 Å². The van der Waals surface area contributed by atoms with E-state index < -0.39 is 35.5 Å². The van der Waals surface area contributed by atoms with Crippen molar-refractivity contribution in [1.29, 1.82) is 0 Å². The van der Waals surface area contributed by atoms with E-state index in [1.807, 2.05) is 24.3 Å². The number of hydrogen-bond donors (Lipinski definition) is 1. The van der Waals surface area contributed by atoms with Crippen molar-refractivity contribution in [3.63, 3.8) is 0 Å². The van der Waals surface area contributed by atoms with Crippen LogP contribution >= 0.6 is 11.6 Å². The van der Waals surface area contributed by atoms with Gasteiger partial charge in [0.05, 0.1) is 25.9 Å². The third-order valence-corrected chi connectivity index (χ3v) is 7.14. The number of ether oxygens (including phenoxy) is 3. The molecule has 1 aliphatic heterocycles. The quantitative estimate of drug-likeness (QED) is 0.400. The largest absolute Gasteiger partial charge is 0.497 e. The number of rotatable bonds is 7. The predicted molar refractivity (Wildman–Crippen MR) is 139 cm³/mol. The first-order valence-corrected chi connectivity index (χ1v) is 12.7. The number of esters is 2. The number of dihydropyridines is 1. The van der Waals surface area contributed by atoms with Crippen LogP contribution in [0.4, 0.5) is 0 Å². The molecule has 0 bridgehead atoms. The Morgan fingerprint density at radius 1 is 1.05 bits per heavy atom. The van der Waals surface area contributed by atoms with Crippen molar-refractivity contribution in [2.45, 2.75) is 39.0 Å². The molecule has 37 heavy (non-hydrogen) atoms. The maximum atomic E-state index is 14.3. The van der Waals surface area contributed by atoms with Gasteiger partial charge < -0.3 is 19.5 Å². The second kappa shape index (κ2) is 11.2. The number of methoxy groups -OCH3 is 1. The van der Waals surface area contributed by atoms with E-state index in [2.05, 4.69) is 5.32 Å². The Labute approximate surface area is 221 Å². The standard InChI is InChI=1S/C29H30ClNO6/c1-5-36-28(33)23-16(3)31-22-15-20(17-10-9-11-18(14-17)35-4)25(29(34)37-6-2)27(32)26(22)24(23)19-12-7-8-13-21(19)30/h7-14,20,24-25,31H,5-6,15H2,1-4H3/t20-,24-,25-/m1/s1. The summed E-state index contributed by atoms with van der Waals surface area (Å²) in [4.78, 5) is 40.7. The van der Waals surface area contributed by atoms with Gasteiger partial charge in [-0.25, -0.2) is 4.79 Å². The smallest absolute Gasteiger partial charge is 0.336 e. The summed E-state index contributed by atoms with van der Waals surface area (Å²) in [5, 5.41) is 3.70. The maximum absolute atomic E-state index is 14.3. The van der Waals surface area contributed by atoms with E-state index in [4.69, 9.17) is 25.8 Å². The van der Waals surface area contributed by atoms with Gasteiger partial charge in [-0.05, 0) is 56.5 Å². The number of benzene rings is 2. The summed E-state index contributed by atoms with van der Waals surface area (Å²) in [6, 6.07) is 14.4. The molecule has 0 saturated heterocycles. The summed E-state index contributed by atoms with van der Waals surface area (Å²) < 4.78 is 16.1. The molecule has 1 heterocycles. The monoisotopic (exact) mass is 523 g/mol. The lowest BCUT2D eigenvalue weighted by molar-refractivity contribution is -0.152. The zero-order valence-electron chi connectivity index (χ0n) is 21.3. The van der Waals surface area contributed by atoms with Crippen LogP contribution in [-0.4, -0.2) is 38.0 Å². The van der Waals surface area contributed by atoms with Crippen LogP contribution in [-0.2, 0) is 23.9 Å². The highest BCUT2D eigenvalue weighted by molar-refractivity contribution is 6.31. The Morgan fingerprint density at radius 2 is 1.78 bits per heavy atom. The van der Waals surface area contributed by atoms with Crippen molar-refractivity contribution >= 4 is 29.3 Å². The van der Waals surface area contributed by atoms with E-state index in [0.29, 0.717) is 45.3 Å². The normalized spacial score (nSPS) is 21.2. The maximum Gasteiger partial charge on any atom is 0.336 e. The minimum Gasteiger partial charge on any atom is -0.497 e. The summed E-state index contributed by atoms with van der Waals surface area (Å²) in [5.74, 6) is -3.30. The van der Waals surface area contributed by atoms with Gasteiger partial charge in [0, 0.05) is 33.8 Å². The molecule has 2 aliphatic rings. The Balaban J connectivity index is 1.91. The molecule has 194 valence electrons. The molecule has 0 amide bonds. The van der Waals surface area contributed by atoms with Gasteiger partial charge in [-0.15, -0.1) is 0 Å². The number of ketones is 1. The van der Waals surface area contributed by atoms with Crippen LogP contribution in [0, 0.1) is 5.92 Å². The van der Waals surface area contributed by atoms with Gasteiger partial charge >= 0.3 is 11.9 Å². The Kier molecular flexibility index (Phi) is 8.03. The van der Waals surface area contributed by atoms with Crippen LogP contribution in [0.25, 0.3) is 0 Å². The van der Waals surface area contributed by atoms with Crippen LogP contribution in [0.2, 0.25) is 5.02 Å². The lowest BCUT2D eigenvalue weighted by atomic mass is 9.67. The fourth-order valence-electron chi connectivity index (χ4n) is 5.22. The highest BCUT2D eigenvalue weighted by Crippen LogP contribution is 2.49. The number of allylic oxidation sites excluding steroid dienone is 3. The molecule has 0 radical (unpaired) electrons. The van der Waals surface area contributed by atoms with Crippen molar-refractivity contribution in [3.05, 3.63) is 87.2 Å². The van der Waals surface area contributed by atoms with Gasteiger partial charge in [0.2, 0.25) is 0 Å². The molecule has 0 aromatic heterocycles. The minimum atomic E-state index is -1.10. The Morgan fingerprint density at radius 3 is 2.46 bits per heavy atom. The lowest BCUT2D eigenvalue weighted by Crippen LogP contribution is -2.43. The van der Waals surface area contributed by atoms with Crippen LogP contribution < -0.4 is 10.1 Å². The minimum absolute atomic E-state index is 0.138. The molecular formula is C29H30ClNO6.